The molecule has 0 unspecified atom stereocenters. The Morgan fingerprint density at radius 2 is 0.378 bits per heavy atom. The van der Waals surface area contributed by atoms with Gasteiger partial charge >= 0.3 is 8.25 Å². The van der Waals surface area contributed by atoms with Crippen LogP contribution in [0.3, 0.4) is 0 Å². The maximum absolute atomic E-state index is 8.74. The van der Waals surface area contributed by atoms with Gasteiger partial charge in [0, 0.05) is 0 Å². The van der Waals surface area contributed by atoms with Gasteiger partial charge in [-0.3, -0.25) is 4.57 Å². The van der Waals surface area contributed by atoms with Crippen LogP contribution in [0, 0.1) is 0 Å². The molecule has 226 valence electrons. The van der Waals surface area contributed by atoms with Gasteiger partial charge in [-0.1, -0.05) is 213 Å². The smallest absolute Gasteiger partial charge is 0.314 e. The molecule has 0 heterocycles. The monoisotopic (exact) mass is 547 g/mol. The molecule has 0 saturated carbocycles. The van der Waals surface area contributed by atoms with Crippen LogP contribution < -0.4 is 0 Å². The highest BCUT2D eigenvalue weighted by Gasteiger charge is 1.96. The van der Waals surface area contributed by atoms with E-state index in [9.17, 15) is 0 Å². The minimum Gasteiger partial charge on any atom is -0.326 e. The van der Waals surface area contributed by atoms with E-state index in [2.05, 4.69) is 13.8 Å². The molecule has 2 N–H and O–H groups in total. The zero-order valence-corrected chi connectivity index (χ0v) is 26.7. The third-order valence-corrected chi connectivity index (χ3v) is 7.71. The quantitative estimate of drug-likeness (QED) is 0.0695. The van der Waals surface area contributed by atoms with E-state index in [1.165, 1.54) is 199 Å². The van der Waals surface area contributed by atoms with Crippen LogP contribution in [0.15, 0.2) is 0 Å². The van der Waals surface area contributed by atoms with E-state index in [0.29, 0.717) is 0 Å². The van der Waals surface area contributed by atoms with Gasteiger partial charge in [-0.2, -0.15) is 0 Å². The Morgan fingerprint density at radius 3 is 0.459 bits per heavy atom. The molecule has 37 heavy (non-hydrogen) atoms. The topological polar surface area (TPSA) is 57.5 Å². The molecule has 0 aromatic rings. The van der Waals surface area contributed by atoms with E-state index >= 15 is 0 Å². The van der Waals surface area contributed by atoms with E-state index in [1.54, 1.807) is 0 Å². The highest BCUT2D eigenvalue weighted by molar-refractivity contribution is 7.30. The highest BCUT2D eigenvalue weighted by atomic mass is 31.1. The Balaban J connectivity index is 0. The third kappa shape index (κ3) is 46.4. The van der Waals surface area contributed by atoms with E-state index < -0.39 is 8.25 Å². The van der Waals surface area contributed by atoms with Crippen molar-refractivity contribution in [2.45, 2.75) is 213 Å². The summed E-state index contributed by atoms with van der Waals surface area (Å²) in [6, 6.07) is 0. The Bertz CT molecular complexity index is 369. The zero-order chi connectivity index (χ0) is 27.5. The lowest BCUT2D eigenvalue weighted by Gasteiger charge is -2.04. The van der Waals surface area contributed by atoms with Gasteiger partial charge in [0.25, 0.3) is 0 Å². The Kier molecular flexibility index (Phi) is 40.7. The molecule has 0 aliphatic rings. The van der Waals surface area contributed by atoms with E-state index in [-0.39, 0.29) is 0 Å². The van der Waals surface area contributed by atoms with Crippen molar-refractivity contribution in [2.75, 3.05) is 0 Å². The van der Waals surface area contributed by atoms with Gasteiger partial charge in [0.05, 0.1) is 0 Å². The van der Waals surface area contributed by atoms with Crippen LogP contribution in [0.2, 0.25) is 0 Å². The van der Waals surface area contributed by atoms with Crippen LogP contribution in [0.25, 0.3) is 0 Å². The van der Waals surface area contributed by atoms with Crippen LogP contribution in [-0.4, -0.2) is 9.79 Å². The molecule has 0 aromatic carbocycles. The van der Waals surface area contributed by atoms with Gasteiger partial charge in [0.2, 0.25) is 0 Å². The minimum atomic E-state index is -3.13. The maximum atomic E-state index is 8.74. The lowest BCUT2D eigenvalue weighted by atomic mass is 10.0. The molecular formula is C33H71O3P. The van der Waals surface area contributed by atoms with Crippen molar-refractivity contribution in [1.29, 1.82) is 0 Å². The predicted octanol–water partition coefficient (Wildman–Crippen LogP) is 12.5. The molecule has 0 aliphatic carbocycles. The first-order valence-corrected chi connectivity index (χ1v) is 18.4. The average Bonchev–Trinajstić information content (AvgIpc) is 2.87. The summed E-state index contributed by atoms with van der Waals surface area (Å²) in [4.78, 5) is 14.3. The lowest BCUT2D eigenvalue weighted by Crippen LogP contribution is -1.85. The van der Waals surface area contributed by atoms with Gasteiger partial charge in [0.1, 0.15) is 0 Å². The molecule has 0 saturated heterocycles. The first-order valence-electron chi connectivity index (χ1n) is 17.1. The van der Waals surface area contributed by atoms with Crippen LogP contribution in [0.4, 0.5) is 0 Å². The molecular weight excluding hydrogens is 475 g/mol. The fraction of sp³-hybridized carbons (Fsp3) is 1.00. The third-order valence-electron chi connectivity index (χ3n) is 7.71. The number of hydrogen-bond acceptors (Lipinski definition) is 1. The van der Waals surface area contributed by atoms with Gasteiger partial charge in [-0.05, 0) is 0 Å². The van der Waals surface area contributed by atoms with E-state index in [4.69, 9.17) is 14.4 Å². The number of unbranched alkanes of at least 4 members (excludes halogenated alkanes) is 30. The van der Waals surface area contributed by atoms with Crippen molar-refractivity contribution < 1.29 is 14.4 Å². The maximum Gasteiger partial charge on any atom is 0.314 e. The Morgan fingerprint density at radius 1 is 0.297 bits per heavy atom. The summed E-state index contributed by atoms with van der Waals surface area (Å²) >= 11 is 0. The van der Waals surface area contributed by atoms with Crippen molar-refractivity contribution in [3.05, 3.63) is 0 Å². The van der Waals surface area contributed by atoms with Gasteiger partial charge in [0.15, 0.2) is 0 Å². The second-order valence-electron chi connectivity index (χ2n) is 11.5. The van der Waals surface area contributed by atoms with Crippen molar-refractivity contribution in [1.82, 2.24) is 0 Å². The van der Waals surface area contributed by atoms with Crippen LogP contribution in [0.1, 0.15) is 213 Å². The SMILES string of the molecule is CCCCCCCCCCCCCCCCCCCCCCCCCCCCCCCCC.O=[PH](O)O. The molecule has 0 atom stereocenters. The molecule has 0 fully saturated rings. The van der Waals surface area contributed by atoms with Crippen LogP contribution in [-0.2, 0) is 4.57 Å². The average molecular weight is 547 g/mol. The van der Waals surface area contributed by atoms with E-state index in [0.717, 1.165) is 0 Å². The largest absolute Gasteiger partial charge is 0.326 e. The first-order chi connectivity index (χ1) is 18.1. The van der Waals surface area contributed by atoms with Gasteiger partial charge in [-0.15, -0.1) is 0 Å². The first kappa shape index (κ1) is 39.3. The summed E-state index contributed by atoms with van der Waals surface area (Å²) in [6.45, 7) is 4.61. The van der Waals surface area contributed by atoms with Crippen molar-refractivity contribution in [2.24, 2.45) is 0 Å². The standard InChI is InChI=1S/C33H68.H3O3P/c1-3-5-7-9-11-13-15-17-19-21-23-25-27-29-31-33-32-30-28-26-24-22-20-18-16-14-12-10-8-6-4-2;1-4(2)3/h3-33H2,1-2H3;4H,(H2,1,2,3). The highest BCUT2D eigenvalue weighted by Crippen LogP contribution is 2.16. The summed E-state index contributed by atoms with van der Waals surface area (Å²) < 4.78 is 8.74. The van der Waals surface area contributed by atoms with Crippen molar-refractivity contribution >= 4 is 8.25 Å². The molecule has 0 amide bonds. The molecule has 0 aliphatic heterocycles. The summed E-state index contributed by atoms with van der Waals surface area (Å²) in [7, 11) is -3.13. The predicted molar refractivity (Wildman–Crippen MR) is 168 cm³/mol. The fourth-order valence-electron chi connectivity index (χ4n) is 5.27. The molecule has 0 spiro atoms. The number of hydrogen-bond donors (Lipinski definition) is 2. The lowest BCUT2D eigenvalue weighted by molar-refractivity contribution is 0.405. The molecule has 0 rings (SSSR count). The summed E-state index contributed by atoms with van der Waals surface area (Å²) in [5.74, 6) is 0. The number of rotatable bonds is 30. The van der Waals surface area contributed by atoms with Crippen LogP contribution in [0.5, 0.6) is 0 Å². The second kappa shape index (κ2) is 38.3. The minimum absolute atomic E-state index is 1.37. The van der Waals surface area contributed by atoms with E-state index in [1.807, 2.05) is 0 Å². The fourth-order valence-corrected chi connectivity index (χ4v) is 5.27. The van der Waals surface area contributed by atoms with Crippen molar-refractivity contribution in [3.63, 3.8) is 0 Å². The Hall–Kier alpha value is 0.150. The molecule has 4 heteroatoms. The summed E-state index contributed by atoms with van der Waals surface area (Å²) in [5, 5.41) is 0. The second-order valence-corrected chi connectivity index (χ2v) is 12.1. The van der Waals surface area contributed by atoms with Gasteiger partial charge < -0.3 is 9.79 Å². The molecule has 3 nitrogen and oxygen atoms in total. The molecule has 0 radical (unpaired) electrons. The van der Waals surface area contributed by atoms with Gasteiger partial charge in [-0.25, -0.2) is 0 Å². The molecule has 0 bridgehead atoms. The van der Waals surface area contributed by atoms with Crippen molar-refractivity contribution in [3.8, 4) is 0 Å². The molecule has 0 aromatic heterocycles. The Labute approximate surface area is 235 Å². The zero-order valence-electron chi connectivity index (χ0n) is 25.7. The van der Waals surface area contributed by atoms with Crippen LogP contribution >= 0.6 is 8.25 Å². The normalized spacial score (nSPS) is 11.2. The summed E-state index contributed by atoms with van der Waals surface area (Å²) in [6.07, 6.45) is 45.9. The summed E-state index contributed by atoms with van der Waals surface area (Å²) in [5.41, 5.74) is 0.